The molecule has 168 valence electrons. The van der Waals surface area contributed by atoms with Crippen molar-refractivity contribution in [2.24, 2.45) is 7.05 Å². The molecule has 1 aromatic carbocycles. The van der Waals surface area contributed by atoms with E-state index in [1.165, 1.54) is 16.5 Å². The number of aromatic nitrogens is 3. The lowest BCUT2D eigenvalue weighted by Crippen LogP contribution is -2.43. The molecule has 3 aliphatic rings. The molecule has 0 unspecified atom stereocenters. The molecule has 0 bridgehead atoms. The van der Waals surface area contributed by atoms with Crippen LogP contribution >= 0.6 is 0 Å². The number of likely N-dealkylation sites (tertiary alicyclic amines) is 1. The van der Waals surface area contributed by atoms with E-state index < -0.39 is 0 Å². The van der Waals surface area contributed by atoms with Gasteiger partial charge in [-0.15, -0.1) is 0 Å². The van der Waals surface area contributed by atoms with Gasteiger partial charge in [-0.2, -0.15) is 0 Å². The van der Waals surface area contributed by atoms with Crippen LogP contribution in [0.5, 0.6) is 0 Å². The van der Waals surface area contributed by atoms with Crippen molar-refractivity contribution in [2.75, 3.05) is 44.3 Å². The Hall–Kier alpha value is -2.64. The van der Waals surface area contributed by atoms with Gasteiger partial charge < -0.3 is 14.2 Å². The zero-order valence-corrected chi connectivity index (χ0v) is 18.8. The van der Waals surface area contributed by atoms with Crippen LogP contribution < -0.4 is 10.5 Å². The first-order valence-corrected chi connectivity index (χ1v) is 11.8. The van der Waals surface area contributed by atoms with Crippen LogP contribution in [0.4, 0.5) is 5.95 Å². The summed E-state index contributed by atoms with van der Waals surface area (Å²) in [6.45, 7) is 6.03. The monoisotopic (exact) mass is 433 g/mol. The molecule has 2 aromatic heterocycles. The molecule has 32 heavy (non-hydrogen) atoms. The van der Waals surface area contributed by atoms with Gasteiger partial charge in [-0.05, 0) is 67.9 Å². The molecule has 7 nitrogen and oxygen atoms in total. The Morgan fingerprint density at radius 1 is 1.09 bits per heavy atom. The highest BCUT2D eigenvalue weighted by atomic mass is 16.5. The fraction of sp³-hybridized carbons (Fsp3) is 0.520. The molecule has 0 amide bonds. The van der Waals surface area contributed by atoms with E-state index in [9.17, 15) is 4.79 Å². The molecule has 2 fully saturated rings. The van der Waals surface area contributed by atoms with Crippen LogP contribution in [-0.4, -0.2) is 58.8 Å². The number of hydrogen-bond acceptors (Lipinski definition) is 5. The Morgan fingerprint density at radius 3 is 2.72 bits per heavy atom. The van der Waals surface area contributed by atoms with Crippen molar-refractivity contribution in [1.82, 2.24) is 19.4 Å². The van der Waals surface area contributed by atoms with Crippen LogP contribution in [0, 0.1) is 0 Å². The van der Waals surface area contributed by atoms with Crippen molar-refractivity contribution in [2.45, 2.75) is 37.6 Å². The van der Waals surface area contributed by atoms with Crippen LogP contribution in [0.1, 0.15) is 36.1 Å². The number of aryl methyl sites for hydroxylation is 1. The maximum Gasteiger partial charge on any atom is 0.255 e. The highest BCUT2D eigenvalue weighted by molar-refractivity contribution is 5.80. The van der Waals surface area contributed by atoms with Crippen LogP contribution in [0.25, 0.3) is 10.9 Å². The zero-order valence-electron chi connectivity index (χ0n) is 18.8. The average molecular weight is 434 g/mol. The number of anilines is 1. The number of nitrogens with zero attached hydrogens (tertiary/aromatic N) is 4. The number of benzene rings is 1. The van der Waals surface area contributed by atoms with E-state index >= 15 is 0 Å². The number of piperidine rings is 1. The summed E-state index contributed by atoms with van der Waals surface area (Å²) in [6, 6.07) is 9.00. The molecule has 2 aliphatic heterocycles. The molecule has 1 spiro atoms. The van der Waals surface area contributed by atoms with Crippen LogP contribution in [-0.2, 0) is 30.2 Å². The summed E-state index contributed by atoms with van der Waals surface area (Å²) >= 11 is 0. The van der Waals surface area contributed by atoms with Gasteiger partial charge in [0, 0.05) is 49.4 Å². The van der Waals surface area contributed by atoms with Crippen molar-refractivity contribution in [3.8, 4) is 0 Å². The first kappa shape index (κ1) is 20.0. The van der Waals surface area contributed by atoms with Gasteiger partial charge in [0.15, 0.2) is 0 Å². The predicted octanol–water partition coefficient (Wildman–Crippen LogP) is 2.58. The second-order valence-corrected chi connectivity index (χ2v) is 9.69. The maximum absolute atomic E-state index is 12.8. The van der Waals surface area contributed by atoms with Crippen LogP contribution in [0.2, 0.25) is 0 Å². The number of H-pyrrole nitrogens is 1. The number of aromatic amines is 1. The second-order valence-electron chi connectivity index (χ2n) is 9.69. The lowest BCUT2D eigenvalue weighted by Gasteiger charge is -2.39. The van der Waals surface area contributed by atoms with Crippen molar-refractivity contribution in [1.29, 1.82) is 0 Å². The molecule has 2 saturated heterocycles. The van der Waals surface area contributed by atoms with Gasteiger partial charge in [-0.1, -0.05) is 6.07 Å². The molecule has 0 saturated carbocycles. The van der Waals surface area contributed by atoms with E-state index in [0.29, 0.717) is 13.2 Å². The van der Waals surface area contributed by atoms with Crippen molar-refractivity contribution < 1.29 is 4.74 Å². The molecule has 4 heterocycles. The van der Waals surface area contributed by atoms with E-state index in [-0.39, 0.29) is 11.0 Å². The van der Waals surface area contributed by atoms with Gasteiger partial charge >= 0.3 is 0 Å². The smallest absolute Gasteiger partial charge is 0.255 e. The summed E-state index contributed by atoms with van der Waals surface area (Å²) in [4.78, 5) is 25.7. The minimum Gasteiger partial charge on any atom is -0.378 e. The molecule has 0 radical (unpaired) electrons. The van der Waals surface area contributed by atoms with Gasteiger partial charge in [0.25, 0.3) is 5.56 Å². The summed E-state index contributed by atoms with van der Waals surface area (Å²) < 4.78 is 7.64. The fourth-order valence-electron chi connectivity index (χ4n) is 5.88. The SMILES string of the molecule is Cn1ccc2cc(CN3CCC4(CCc5c4nc(N4CCOCC4)[nH]c5=O)CC3)ccc21. The van der Waals surface area contributed by atoms with Crippen molar-refractivity contribution in [3.63, 3.8) is 0 Å². The third kappa shape index (κ3) is 3.35. The number of nitrogens with one attached hydrogen (secondary N) is 1. The van der Waals surface area contributed by atoms with Crippen LogP contribution in [0.15, 0.2) is 35.3 Å². The summed E-state index contributed by atoms with van der Waals surface area (Å²) in [6.07, 6.45) is 6.18. The minimum atomic E-state index is 0.0600. The molecule has 7 heteroatoms. The molecular weight excluding hydrogens is 402 g/mol. The Balaban J connectivity index is 1.20. The lowest BCUT2D eigenvalue weighted by atomic mass is 9.76. The number of rotatable bonds is 3. The first-order valence-electron chi connectivity index (χ1n) is 11.8. The molecule has 3 aromatic rings. The van der Waals surface area contributed by atoms with Gasteiger partial charge in [-0.25, -0.2) is 4.98 Å². The number of fused-ring (bicyclic) bond motifs is 3. The standard InChI is InChI=1S/C25H31N5O2/c1-28-9-5-19-16-18(2-3-21(19)28)17-29-10-7-25(8-11-29)6-4-20-22(25)26-24(27-23(20)31)30-12-14-32-15-13-30/h2-3,5,9,16H,4,6-8,10-15,17H2,1H3,(H,26,27,31). The number of hydrogen-bond donors (Lipinski definition) is 1. The molecule has 0 atom stereocenters. The molecule has 1 N–H and O–H groups in total. The average Bonchev–Trinajstić information content (AvgIpc) is 3.37. The van der Waals surface area contributed by atoms with Gasteiger partial charge in [0.2, 0.25) is 5.95 Å². The number of ether oxygens (including phenoxy) is 1. The summed E-state index contributed by atoms with van der Waals surface area (Å²) in [5, 5.41) is 1.31. The molecule has 1 aliphatic carbocycles. The largest absolute Gasteiger partial charge is 0.378 e. The Kier molecular flexibility index (Phi) is 4.84. The zero-order chi connectivity index (χ0) is 21.7. The van der Waals surface area contributed by atoms with Crippen molar-refractivity contribution in [3.05, 3.63) is 57.6 Å². The van der Waals surface area contributed by atoms with E-state index in [0.717, 1.165) is 75.6 Å². The normalized spacial score (nSPS) is 20.8. The predicted molar refractivity (Wildman–Crippen MR) is 125 cm³/mol. The molecular formula is C25H31N5O2. The topological polar surface area (TPSA) is 66.4 Å². The fourth-order valence-corrected chi connectivity index (χ4v) is 5.88. The molecule has 6 rings (SSSR count). The Morgan fingerprint density at radius 2 is 1.91 bits per heavy atom. The van der Waals surface area contributed by atoms with E-state index in [2.05, 4.69) is 56.9 Å². The first-order chi connectivity index (χ1) is 15.6. The quantitative estimate of drug-likeness (QED) is 0.688. The maximum atomic E-state index is 12.8. The highest BCUT2D eigenvalue weighted by Gasteiger charge is 2.44. The Bertz CT molecular complexity index is 1200. The van der Waals surface area contributed by atoms with Gasteiger partial charge in [0.05, 0.1) is 18.9 Å². The minimum absolute atomic E-state index is 0.0600. The van der Waals surface area contributed by atoms with Crippen LogP contribution in [0.3, 0.4) is 0 Å². The van der Waals surface area contributed by atoms with E-state index in [1.54, 1.807) is 0 Å². The summed E-state index contributed by atoms with van der Waals surface area (Å²) in [5.41, 5.74) is 4.77. The third-order valence-corrected chi connectivity index (χ3v) is 7.84. The third-order valence-electron chi connectivity index (χ3n) is 7.84. The van der Waals surface area contributed by atoms with Gasteiger partial charge in [0.1, 0.15) is 0 Å². The number of morpholine rings is 1. The van der Waals surface area contributed by atoms with Gasteiger partial charge in [-0.3, -0.25) is 14.7 Å². The lowest BCUT2D eigenvalue weighted by molar-refractivity contribution is 0.122. The second kappa shape index (κ2) is 7.74. The summed E-state index contributed by atoms with van der Waals surface area (Å²) in [5.74, 6) is 0.733. The van der Waals surface area contributed by atoms with E-state index in [1.807, 2.05) is 0 Å². The highest BCUT2D eigenvalue weighted by Crippen LogP contribution is 2.44. The Labute approximate surface area is 188 Å². The van der Waals surface area contributed by atoms with Crippen molar-refractivity contribution >= 4 is 16.9 Å². The summed E-state index contributed by atoms with van der Waals surface area (Å²) in [7, 11) is 2.09. The van der Waals surface area contributed by atoms with E-state index in [4.69, 9.17) is 9.72 Å².